The molecule has 0 aliphatic carbocycles. The number of sulfonamides is 1. The van der Waals surface area contributed by atoms with Crippen LogP contribution in [0.1, 0.15) is 39.7 Å². The van der Waals surface area contributed by atoms with Crippen molar-refractivity contribution in [2.75, 3.05) is 0 Å². The van der Waals surface area contributed by atoms with Gasteiger partial charge in [0, 0.05) is 12.0 Å². The first-order valence-corrected chi connectivity index (χ1v) is 13.6. The lowest BCUT2D eigenvalue weighted by Gasteiger charge is -2.18. The largest absolute Gasteiger partial charge is 0.478 e. The van der Waals surface area contributed by atoms with Crippen molar-refractivity contribution in [2.45, 2.75) is 24.3 Å². The zero-order chi connectivity index (χ0) is 28.0. The average Bonchev–Trinajstić information content (AvgIpc) is 3.37. The number of carboxylic acids is 1. The van der Waals surface area contributed by atoms with Crippen LogP contribution in [0.4, 0.5) is 0 Å². The molecule has 200 valence electrons. The van der Waals surface area contributed by atoms with Crippen LogP contribution in [0.15, 0.2) is 99.3 Å². The van der Waals surface area contributed by atoms with E-state index < -0.39 is 27.9 Å². The molecule has 0 fully saturated rings. The van der Waals surface area contributed by atoms with E-state index in [9.17, 15) is 18.0 Å². The second-order valence-electron chi connectivity index (χ2n) is 8.60. The maximum Gasteiger partial charge on any atom is 0.337 e. The topological polar surface area (TPSA) is 138 Å². The van der Waals surface area contributed by atoms with Crippen molar-refractivity contribution >= 4 is 39.7 Å². The molecule has 0 saturated carbocycles. The highest BCUT2D eigenvalue weighted by atomic mass is 35.5. The van der Waals surface area contributed by atoms with Gasteiger partial charge in [0.2, 0.25) is 15.9 Å². The van der Waals surface area contributed by atoms with Gasteiger partial charge in [-0.3, -0.25) is 4.79 Å². The van der Waals surface area contributed by atoms with E-state index in [4.69, 9.17) is 21.1 Å². The summed E-state index contributed by atoms with van der Waals surface area (Å²) in [5, 5.41) is 13.1. The van der Waals surface area contributed by atoms with Crippen molar-refractivity contribution in [3.8, 4) is 11.3 Å². The molecule has 1 aromatic heterocycles. The number of halogens is 1. The third kappa shape index (κ3) is 7.20. The second kappa shape index (κ2) is 12.1. The Morgan fingerprint density at radius 1 is 1.03 bits per heavy atom. The first-order valence-electron chi connectivity index (χ1n) is 11.7. The first kappa shape index (κ1) is 27.8. The molecule has 0 spiro atoms. The molecule has 1 heterocycles. The lowest BCUT2D eigenvalue weighted by Crippen LogP contribution is -2.32. The Hall–Kier alpha value is -4.25. The fourth-order valence-electron chi connectivity index (χ4n) is 3.70. The molecule has 0 saturated heterocycles. The number of furan rings is 1. The van der Waals surface area contributed by atoms with E-state index in [0.717, 1.165) is 5.56 Å². The number of aryl methyl sites for hydroxylation is 1. The summed E-state index contributed by atoms with van der Waals surface area (Å²) in [4.78, 5) is 23.9. The van der Waals surface area contributed by atoms with Crippen LogP contribution in [0.5, 0.6) is 0 Å². The zero-order valence-corrected chi connectivity index (χ0v) is 22.2. The van der Waals surface area contributed by atoms with Gasteiger partial charge < -0.3 is 9.52 Å². The van der Waals surface area contributed by atoms with Crippen molar-refractivity contribution in [3.05, 3.63) is 112 Å². The number of carboxylic acid groups (broad SMARTS) is 1. The number of benzene rings is 3. The molecular weight excluding hydrogens is 542 g/mol. The standard InChI is InChI=1S/C28H24ClN3O6S/c1-18-7-11-22(12-8-18)39(36,37)32-25(19-5-3-2-4-6-19)16-27(33)31-30-17-21-10-14-26(38-21)20-9-13-23(28(34)35)24(29)15-20/h2-15,17,25,32H,16H2,1H3,(H,31,33)(H,34,35)/b30-17-/t25-/m1/s1. The number of amides is 1. The van der Waals surface area contributed by atoms with E-state index in [-0.39, 0.29) is 21.9 Å². The molecule has 11 heteroatoms. The van der Waals surface area contributed by atoms with E-state index in [0.29, 0.717) is 22.6 Å². The lowest BCUT2D eigenvalue weighted by molar-refractivity contribution is -0.121. The summed E-state index contributed by atoms with van der Waals surface area (Å²) >= 11 is 6.03. The molecule has 3 aromatic carbocycles. The van der Waals surface area contributed by atoms with Gasteiger partial charge in [-0.2, -0.15) is 5.10 Å². The van der Waals surface area contributed by atoms with Crippen LogP contribution in [0, 0.1) is 6.92 Å². The molecule has 0 radical (unpaired) electrons. The van der Waals surface area contributed by atoms with E-state index in [2.05, 4.69) is 15.2 Å². The highest BCUT2D eigenvalue weighted by Crippen LogP contribution is 2.27. The Kier molecular flexibility index (Phi) is 8.60. The van der Waals surface area contributed by atoms with Gasteiger partial charge in [-0.1, -0.05) is 65.7 Å². The fourth-order valence-corrected chi connectivity index (χ4v) is 5.19. The number of hydrogen-bond donors (Lipinski definition) is 3. The number of rotatable bonds is 10. The monoisotopic (exact) mass is 565 g/mol. The van der Waals surface area contributed by atoms with Crippen LogP contribution in [0.2, 0.25) is 5.02 Å². The first-order chi connectivity index (χ1) is 18.6. The molecular formula is C28H24ClN3O6S. The quantitative estimate of drug-likeness (QED) is 0.179. The van der Waals surface area contributed by atoms with Crippen LogP contribution in [-0.2, 0) is 14.8 Å². The maximum atomic E-state index is 13.0. The van der Waals surface area contributed by atoms with Crippen molar-refractivity contribution in [3.63, 3.8) is 0 Å². The van der Waals surface area contributed by atoms with Crippen molar-refractivity contribution in [1.29, 1.82) is 0 Å². The van der Waals surface area contributed by atoms with E-state index in [1.165, 1.54) is 30.5 Å². The minimum Gasteiger partial charge on any atom is -0.478 e. The van der Waals surface area contributed by atoms with Gasteiger partial charge >= 0.3 is 5.97 Å². The van der Waals surface area contributed by atoms with Crippen molar-refractivity contribution < 1.29 is 27.5 Å². The molecule has 0 aliphatic rings. The highest BCUT2D eigenvalue weighted by Gasteiger charge is 2.23. The molecule has 1 amide bonds. The zero-order valence-electron chi connectivity index (χ0n) is 20.7. The number of hydrazone groups is 1. The highest BCUT2D eigenvalue weighted by molar-refractivity contribution is 7.89. The van der Waals surface area contributed by atoms with Gasteiger partial charge in [0.05, 0.1) is 27.7 Å². The Morgan fingerprint density at radius 3 is 2.41 bits per heavy atom. The third-order valence-electron chi connectivity index (χ3n) is 5.71. The maximum absolute atomic E-state index is 13.0. The fraction of sp³-hybridized carbons (Fsp3) is 0.107. The summed E-state index contributed by atoms with van der Waals surface area (Å²) in [5.41, 5.74) is 4.49. The Morgan fingerprint density at radius 2 is 1.74 bits per heavy atom. The van der Waals surface area contributed by atoms with Crippen LogP contribution in [-0.4, -0.2) is 31.6 Å². The van der Waals surface area contributed by atoms with Crippen molar-refractivity contribution in [1.82, 2.24) is 10.1 Å². The number of nitrogens with zero attached hydrogens (tertiary/aromatic N) is 1. The van der Waals surface area contributed by atoms with Gasteiger partial charge in [0.25, 0.3) is 0 Å². The molecule has 1 atom stereocenters. The summed E-state index contributed by atoms with van der Waals surface area (Å²) in [6.07, 6.45) is 1.09. The summed E-state index contributed by atoms with van der Waals surface area (Å²) in [7, 11) is -3.89. The summed E-state index contributed by atoms with van der Waals surface area (Å²) in [6.45, 7) is 1.86. The van der Waals surface area contributed by atoms with Crippen LogP contribution >= 0.6 is 11.6 Å². The lowest BCUT2D eigenvalue weighted by atomic mass is 10.0. The molecule has 0 bridgehead atoms. The smallest absolute Gasteiger partial charge is 0.337 e. The van der Waals surface area contributed by atoms with Crippen molar-refractivity contribution in [2.24, 2.45) is 5.10 Å². The van der Waals surface area contributed by atoms with Crippen LogP contribution in [0.3, 0.4) is 0 Å². The normalized spacial score (nSPS) is 12.4. The molecule has 39 heavy (non-hydrogen) atoms. The van der Waals surface area contributed by atoms with Gasteiger partial charge in [0.1, 0.15) is 11.5 Å². The Labute approximate surface area is 230 Å². The minimum absolute atomic E-state index is 0.0218. The van der Waals surface area contributed by atoms with E-state index in [1.54, 1.807) is 60.7 Å². The number of carbonyl (C=O) groups excluding carboxylic acids is 1. The van der Waals surface area contributed by atoms with Crippen LogP contribution in [0.25, 0.3) is 11.3 Å². The number of hydrogen-bond acceptors (Lipinski definition) is 6. The predicted molar refractivity (Wildman–Crippen MR) is 147 cm³/mol. The third-order valence-corrected chi connectivity index (χ3v) is 7.51. The summed E-state index contributed by atoms with van der Waals surface area (Å²) in [6, 6.07) is 22.1. The molecule has 3 N–H and O–H groups in total. The van der Waals surface area contributed by atoms with E-state index >= 15 is 0 Å². The van der Waals surface area contributed by atoms with Crippen LogP contribution < -0.4 is 10.1 Å². The van der Waals surface area contributed by atoms with Gasteiger partial charge in [-0.15, -0.1) is 0 Å². The molecule has 4 rings (SSSR count). The average molecular weight is 566 g/mol. The summed E-state index contributed by atoms with van der Waals surface area (Å²) < 4.78 is 34.3. The predicted octanol–water partition coefficient (Wildman–Crippen LogP) is 5.17. The number of aromatic carboxylic acids is 1. The Bertz CT molecular complexity index is 1620. The molecule has 4 aromatic rings. The molecule has 0 unspecified atom stereocenters. The van der Waals surface area contributed by atoms with Gasteiger partial charge in [0.15, 0.2) is 0 Å². The molecule has 9 nitrogen and oxygen atoms in total. The van der Waals surface area contributed by atoms with Gasteiger partial charge in [-0.25, -0.2) is 23.4 Å². The van der Waals surface area contributed by atoms with E-state index in [1.807, 2.05) is 6.92 Å². The second-order valence-corrected chi connectivity index (χ2v) is 10.7. The SMILES string of the molecule is Cc1ccc(S(=O)(=O)N[C@H](CC(=O)N/N=C\c2ccc(-c3ccc(C(=O)O)c(Cl)c3)o2)c2ccccc2)cc1. The molecule has 0 aliphatic heterocycles. The number of nitrogens with one attached hydrogen (secondary N) is 2. The summed E-state index contributed by atoms with van der Waals surface area (Å²) in [5.74, 6) is -0.902. The van der Waals surface area contributed by atoms with Gasteiger partial charge in [-0.05, 0) is 48.9 Å². The Balaban J connectivity index is 1.43. The number of carbonyl (C=O) groups is 2. The minimum atomic E-state index is -3.89.